The minimum atomic E-state index is -0.424. The zero-order valence-electron chi connectivity index (χ0n) is 12.4. The molecule has 2 aromatic rings. The van der Waals surface area contributed by atoms with E-state index < -0.39 is 7.12 Å². The number of aromatic amines is 1. The Morgan fingerprint density at radius 2 is 1.75 bits per heavy atom. The number of aromatic nitrogens is 1. The average Bonchev–Trinajstić information content (AvgIpc) is 2.90. The number of rotatable bonds is 2. The first-order valence-electron chi connectivity index (χ1n) is 6.98. The standard InChI is InChI=1S/C15H21BN2O2/c1-14(2)15(3,4)20-16(19-14)13(17)11-6-5-10-7-8-18-12(10)9-11/h5-9,13,18H,17H2,1-4H3/t13-/m0/s1. The molecule has 2 heterocycles. The Morgan fingerprint density at radius 3 is 2.40 bits per heavy atom. The maximum atomic E-state index is 6.34. The molecule has 3 N–H and O–H groups in total. The summed E-state index contributed by atoms with van der Waals surface area (Å²) in [5, 5.41) is 1.18. The summed E-state index contributed by atoms with van der Waals surface area (Å²) in [6.07, 6.45) is 1.93. The summed E-state index contributed by atoms with van der Waals surface area (Å²) in [5.74, 6) is -0.302. The van der Waals surface area contributed by atoms with Crippen molar-refractivity contribution in [1.82, 2.24) is 4.98 Å². The van der Waals surface area contributed by atoms with E-state index in [1.54, 1.807) is 0 Å². The number of hydrogen-bond acceptors (Lipinski definition) is 3. The Bertz CT molecular complexity index is 620. The van der Waals surface area contributed by atoms with Crippen molar-refractivity contribution in [1.29, 1.82) is 0 Å². The van der Waals surface area contributed by atoms with Gasteiger partial charge in [-0.15, -0.1) is 0 Å². The molecule has 0 unspecified atom stereocenters. The zero-order valence-corrected chi connectivity index (χ0v) is 12.4. The van der Waals surface area contributed by atoms with E-state index in [-0.39, 0.29) is 17.1 Å². The number of nitrogens with one attached hydrogen (secondary N) is 1. The highest BCUT2D eigenvalue weighted by Gasteiger charge is 2.53. The molecule has 0 saturated carbocycles. The van der Waals surface area contributed by atoms with Crippen LogP contribution in [0.5, 0.6) is 0 Å². The van der Waals surface area contributed by atoms with Gasteiger partial charge < -0.3 is 20.0 Å². The molecular formula is C15H21BN2O2. The van der Waals surface area contributed by atoms with E-state index in [0.29, 0.717) is 0 Å². The summed E-state index contributed by atoms with van der Waals surface area (Å²) in [6.45, 7) is 8.14. The number of nitrogens with two attached hydrogens (primary N) is 1. The second-order valence-corrected chi connectivity index (χ2v) is 6.47. The first-order valence-corrected chi connectivity index (χ1v) is 6.98. The average molecular weight is 272 g/mol. The Hall–Kier alpha value is -1.30. The van der Waals surface area contributed by atoms with Gasteiger partial charge in [-0.05, 0) is 50.8 Å². The van der Waals surface area contributed by atoms with Gasteiger partial charge in [0.15, 0.2) is 0 Å². The van der Waals surface area contributed by atoms with E-state index in [1.807, 2.05) is 46.0 Å². The Kier molecular flexibility index (Phi) is 2.97. The third kappa shape index (κ3) is 2.06. The van der Waals surface area contributed by atoms with Gasteiger partial charge in [-0.25, -0.2) is 0 Å². The monoisotopic (exact) mass is 272 g/mol. The van der Waals surface area contributed by atoms with Gasteiger partial charge in [0, 0.05) is 11.7 Å². The molecule has 5 heteroatoms. The van der Waals surface area contributed by atoms with E-state index >= 15 is 0 Å². The highest BCUT2D eigenvalue weighted by atomic mass is 16.7. The molecule has 1 aliphatic rings. The number of hydrogen-bond donors (Lipinski definition) is 2. The summed E-state index contributed by atoms with van der Waals surface area (Å²) >= 11 is 0. The Labute approximate surface area is 119 Å². The van der Waals surface area contributed by atoms with Gasteiger partial charge >= 0.3 is 7.12 Å². The molecule has 3 rings (SSSR count). The fourth-order valence-electron chi connectivity index (χ4n) is 2.47. The SMILES string of the molecule is CC1(C)OB([C@@H](N)c2ccc3cc[nH]c3c2)OC1(C)C. The molecule has 0 spiro atoms. The van der Waals surface area contributed by atoms with Crippen molar-refractivity contribution < 1.29 is 9.31 Å². The van der Waals surface area contributed by atoms with Crippen molar-refractivity contribution in [2.45, 2.75) is 44.8 Å². The van der Waals surface area contributed by atoms with Crippen molar-refractivity contribution in [3.8, 4) is 0 Å². The van der Waals surface area contributed by atoms with Crippen LogP contribution < -0.4 is 5.73 Å². The lowest BCUT2D eigenvalue weighted by Crippen LogP contribution is -2.41. The van der Waals surface area contributed by atoms with Crippen LogP contribution in [0.15, 0.2) is 30.5 Å². The minimum absolute atomic E-state index is 0.302. The smallest absolute Gasteiger partial charge is 0.402 e. The van der Waals surface area contributed by atoms with E-state index in [1.165, 1.54) is 5.39 Å². The molecule has 1 fully saturated rings. The van der Waals surface area contributed by atoms with Crippen LogP contribution in [0.3, 0.4) is 0 Å². The van der Waals surface area contributed by atoms with Crippen LogP contribution >= 0.6 is 0 Å². The molecule has 1 aromatic carbocycles. The van der Waals surface area contributed by atoms with Crippen molar-refractivity contribution in [2.75, 3.05) is 0 Å². The number of H-pyrrole nitrogens is 1. The van der Waals surface area contributed by atoms with Crippen LogP contribution in [-0.4, -0.2) is 23.3 Å². The van der Waals surface area contributed by atoms with Crippen LogP contribution in [0.4, 0.5) is 0 Å². The highest BCUT2D eigenvalue weighted by Crippen LogP contribution is 2.39. The highest BCUT2D eigenvalue weighted by molar-refractivity contribution is 6.47. The molecule has 20 heavy (non-hydrogen) atoms. The lowest BCUT2D eigenvalue weighted by Gasteiger charge is -2.32. The third-order valence-corrected chi connectivity index (χ3v) is 4.53. The maximum absolute atomic E-state index is 6.34. The fourth-order valence-corrected chi connectivity index (χ4v) is 2.47. The Morgan fingerprint density at radius 1 is 1.10 bits per heavy atom. The molecule has 1 atom stereocenters. The molecular weight excluding hydrogens is 251 g/mol. The largest absolute Gasteiger partial charge is 0.480 e. The number of benzene rings is 1. The van der Waals surface area contributed by atoms with Gasteiger partial charge in [-0.2, -0.15) is 0 Å². The van der Waals surface area contributed by atoms with Gasteiger partial charge in [0.1, 0.15) is 0 Å². The number of fused-ring (bicyclic) bond motifs is 1. The summed E-state index contributed by atoms with van der Waals surface area (Å²) in [4.78, 5) is 3.20. The molecule has 106 valence electrons. The predicted molar refractivity (Wildman–Crippen MR) is 81.3 cm³/mol. The molecule has 4 nitrogen and oxygen atoms in total. The van der Waals surface area contributed by atoms with Crippen LogP contribution in [0.25, 0.3) is 10.9 Å². The molecule has 1 aliphatic heterocycles. The molecule has 1 saturated heterocycles. The van der Waals surface area contributed by atoms with Crippen molar-refractivity contribution >= 4 is 18.0 Å². The second kappa shape index (κ2) is 4.35. The van der Waals surface area contributed by atoms with E-state index in [4.69, 9.17) is 15.0 Å². The van der Waals surface area contributed by atoms with Crippen LogP contribution in [0.2, 0.25) is 0 Å². The van der Waals surface area contributed by atoms with Crippen LogP contribution in [0.1, 0.15) is 39.2 Å². The van der Waals surface area contributed by atoms with E-state index in [9.17, 15) is 0 Å². The quantitative estimate of drug-likeness (QED) is 0.826. The summed E-state index contributed by atoms with van der Waals surface area (Å²) in [5.41, 5.74) is 7.72. The molecule has 1 aromatic heterocycles. The normalized spacial score (nSPS) is 22.4. The maximum Gasteiger partial charge on any atom is 0.480 e. The molecule has 0 amide bonds. The summed E-state index contributed by atoms with van der Waals surface area (Å²) in [6, 6.07) is 8.20. The minimum Gasteiger partial charge on any atom is -0.402 e. The molecule has 0 bridgehead atoms. The van der Waals surface area contributed by atoms with Gasteiger partial charge in [0.25, 0.3) is 0 Å². The van der Waals surface area contributed by atoms with Crippen molar-refractivity contribution in [3.63, 3.8) is 0 Å². The lowest BCUT2D eigenvalue weighted by molar-refractivity contribution is 0.00578. The fraction of sp³-hybridized carbons (Fsp3) is 0.467. The zero-order chi connectivity index (χ0) is 14.5. The Balaban J connectivity index is 1.87. The van der Waals surface area contributed by atoms with E-state index in [2.05, 4.69) is 17.1 Å². The molecule has 0 aliphatic carbocycles. The first-order chi connectivity index (χ1) is 9.30. The van der Waals surface area contributed by atoms with Gasteiger partial charge in [-0.3, -0.25) is 0 Å². The van der Waals surface area contributed by atoms with Gasteiger partial charge in [0.2, 0.25) is 0 Å². The van der Waals surface area contributed by atoms with Crippen LogP contribution in [-0.2, 0) is 9.31 Å². The predicted octanol–water partition coefficient (Wildman–Crippen LogP) is 2.80. The summed E-state index contributed by atoms with van der Waals surface area (Å²) < 4.78 is 12.0. The topological polar surface area (TPSA) is 60.3 Å². The summed E-state index contributed by atoms with van der Waals surface area (Å²) in [7, 11) is -0.424. The first kappa shape index (κ1) is 13.7. The van der Waals surface area contributed by atoms with E-state index in [0.717, 1.165) is 11.1 Å². The van der Waals surface area contributed by atoms with Crippen molar-refractivity contribution in [2.24, 2.45) is 5.73 Å². The lowest BCUT2D eigenvalue weighted by atomic mass is 9.75. The van der Waals surface area contributed by atoms with Gasteiger partial charge in [0.05, 0.1) is 17.1 Å². The molecule has 0 radical (unpaired) electrons. The second-order valence-electron chi connectivity index (χ2n) is 6.47. The van der Waals surface area contributed by atoms with Crippen LogP contribution in [0, 0.1) is 0 Å². The van der Waals surface area contributed by atoms with Crippen molar-refractivity contribution in [3.05, 3.63) is 36.0 Å². The van der Waals surface area contributed by atoms with Gasteiger partial charge in [-0.1, -0.05) is 12.1 Å². The third-order valence-electron chi connectivity index (χ3n) is 4.53.